The average Bonchev–Trinajstić information content (AvgIpc) is 3.30. The summed E-state index contributed by atoms with van der Waals surface area (Å²) < 4.78 is 15.9. The van der Waals surface area contributed by atoms with Gasteiger partial charge in [0.05, 0.1) is 30.7 Å². The number of fused-ring (bicyclic) bond motifs is 1. The van der Waals surface area contributed by atoms with E-state index in [4.69, 9.17) is 14.2 Å². The molecule has 2 amide bonds. The van der Waals surface area contributed by atoms with E-state index >= 15 is 0 Å². The first kappa shape index (κ1) is 19.4. The summed E-state index contributed by atoms with van der Waals surface area (Å²) >= 11 is 1.18. The van der Waals surface area contributed by atoms with Crippen molar-refractivity contribution in [2.24, 2.45) is 0 Å². The van der Waals surface area contributed by atoms with E-state index in [-0.39, 0.29) is 31.8 Å². The average molecular weight is 413 g/mol. The third-order valence-corrected chi connectivity index (χ3v) is 5.67. The van der Waals surface area contributed by atoms with Crippen LogP contribution in [0.3, 0.4) is 0 Å². The Hall–Kier alpha value is -2.97. The number of hydrogen-bond donors (Lipinski definition) is 1. The number of ether oxygens (including phenoxy) is 3. The third kappa shape index (κ3) is 3.68. The van der Waals surface area contributed by atoms with Crippen molar-refractivity contribution < 1.29 is 28.9 Å². The van der Waals surface area contributed by atoms with Gasteiger partial charge in [0.1, 0.15) is 5.75 Å². The summed E-state index contributed by atoms with van der Waals surface area (Å²) in [5, 5.41) is 9.20. The molecule has 0 aromatic heterocycles. The van der Waals surface area contributed by atoms with Crippen LogP contribution in [-0.2, 0) is 16.1 Å². The molecule has 2 aromatic rings. The molecule has 0 bridgehead atoms. The van der Waals surface area contributed by atoms with E-state index in [1.54, 1.807) is 49.6 Å². The van der Waals surface area contributed by atoms with Gasteiger partial charge in [-0.05, 0) is 35.4 Å². The van der Waals surface area contributed by atoms with E-state index in [9.17, 15) is 14.7 Å². The van der Waals surface area contributed by atoms with Crippen molar-refractivity contribution in [3.05, 3.63) is 58.5 Å². The number of methoxy groups -OCH3 is 1. The summed E-state index contributed by atoms with van der Waals surface area (Å²) in [7, 11) is 1.56. The van der Waals surface area contributed by atoms with Gasteiger partial charge < -0.3 is 19.3 Å². The van der Waals surface area contributed by atoms with Gasteiger partial charge in [-0.2, -0.15) is 0 Å². The van der Waals surface area contributed by atoms with Crippen molar-refractivity contribution in [1.82, 2.24) is 4.90 Å². The first-order valence-corrected chi connectivity index (χ1v) is 9.98. The Labute approximate surface area is 171 Å². The summed E-state index contributed by atoms with van der Waals surface area (Å²) in [4.78, 5) is 27.8. The predicted molar refractivity (Wildman–Crippen MR) is 108 cm³/mol. The Bertz CT molecular complexity index is 985. The summed E-state index contributed by atoms with van der Waals surface area (Å²) in [6, 6.07) is 12.3. The maximum atomic E-state index is 13.2. The van der Waals surface area contributed by atoms with Crippen LogP contribution < -0.4 is 14.2 Å². The van der Waals surface area contributed by atoms with Crippen molar-refractivity contribution in [1.29, 1.82) is 0 Å². The molecule has 0 saturated carbocycles. The van der Waals surface area contributed by atoms with Gasteiger partial charge in [-0.3, -0.25) is 14.5 Å². The number of nitrogens with zero attached hydrogens (tertiary/aromatic N) is 1. The van der Waals surface area contributed by atoms with Gasteiger partial charge in [-0.25, -0.2) is 0 Å². The minimum atomic E-state index is -0.364. The van der Waals surface area contributed by atoms with E-state index in [2.05, 4.69) is 0 Å². The fourth-order valence-electron chi connectivity index (χ4n) is 3.21. The van der Waals surface area contributed by atoms with Crippen LogP contribution in [0.25, 0.3) is 5.57 Å². The molecule has 0 spiro atoms. The molecule has 2 aliphatic heterocycles. The standard InChI is InChI=1S/C21H19NO6S/c1-26-15-5-3-14(4-6-15)18-19(29-9-8-23)21(25)22(20(18)24)11-13-2-7-16-17(10-13)28-12-27-16/h2-7,10,23H,8-9,11-12H2,1H3. The molecular weight excluding hydrogens is 394 g/mol. The number of aliphatic hydroxyl groups excluding tert-OH is 1. The van der Waals surface area contributed by atoms with E-state index < -0.39 is 0 Å². The smallest absolute Gasteiger partial charge is 0.268 e. The molecule has 0 saturated heterocycles. The van der Waals surface area contributed by atoms with Gasteiger partial charge in [0, 0.05) is 5.75 Å². The highest BCUT2D eigenvalue weighted by atomic mass is 32.2. The second-order valence-corrected chi connectivity index (χ2v) is 7.49. The molecule has 4 rings (SSSR count). The Morgan fingerprint density at radius 2 is 1.83 bits per heavy atom. The molecule has 0 fully saturated rings. The Kier molecular flexibility index (Phi) is 5.46. The molecule has 0 aliphatic carbocycles. The van der Waals surface area contributed by atoms with E-state index in [1.165, 1.54) is 16.7 Å². The van der Waals surface area contributed by atoms with Crippen LogP contribution in [0.5, 0.6) is 17.2 Å². The largest absolute Gasteiger partial charge is 0.497 e. The molecule has 8 heteroatoms. The van der Waals surface area contributed by atoms with Crippen LogP contribution in [0.1, 0.15) is 11.1 Å². The lowest BCUT2D eigenvalue weighted by atomic mass is 10.1. The molecule has 1 N–H and O–H groups in total. The SMILES string of the molecule is COc1ccc(C2=C(SCCO)C(=O)N(Cc3ccc4c(c3)OCO4)C2=O)cc1. The topological polar surface area (TPSA) is 85.3 Å². The van der Waals surface area contributed by atoms with Gasteiger partial charge >= 0.3 is 0 Å². The molecule has 2 heterocycles. The predicted octanol–water partition coefficient (Wildman–Crippen LogP) is 2.43. The first-order valence-electron chi connectivity index (χ1n) is 8.99. The van der Waals surface area contributed by atoms with Crippen molar-refractivity contribution in [3.8, 4) is 17.2 Å². The maximum absolute atomic E-state index is 13.2. The molecule has 7 nitrogen and oxygen atoms in total. The molecule has 0 atom stereocenters. The van der Waals surface area contributed by atoms with Gasteiger partial charge in [0.25, 0.3) is 11.8 Å². The van der Waals surface area contributed by atoms with Gasteiger partial charge in [-0.15, -0.1) is 11.8 Å². The number of imide groups is 1. The van der Waals surface area contributed by atoms with Gasteiger partial charge in [0.2, 0.25) is 6.79 Å². The number of rotatable bonds is 7. The highest BCUT2D eigenvalue weighted by Gasteiger charge is 2.39. The van der Waals surface area contributed by atoms with E-state index in [0.717, 1.165) is 5.56 Å². The number of carbonyl (C=O) groups excluding carboxylic acids is 2. The minimum absolute atomic E-state index is 0.0896. The lowest BCUT2D eigenvalue weighted by Gasteiger charge is -2.15. The van der Waals surface area contributed by atoms with Crippen LogP contribution in [0, 0.1) is 0 Å². The third-order valence-electron chi connectivity index (χ3n) is 4.62. The zero-order chi connectivity index (χ0) is 20.4. The molecule has 150 valence electrons. The maximum Gasteiger partial charge on any atom is 0.268 e. The number of thioether (sulfide) groups is 1. The van der Waals surface area contributed by atoms with Gasteiger partial charge in [-0.1, -0.05) is 18.2 Å². The van der Waals surface area contributed by atoms with Crippen molar-refractivity contribution in [3.63, 3.8) is 0 Å². The van der Waals surface area contributed by atoms with E-state index in [1.807, 2.05) is 0 Å². The van der Waals surface area contributed by atoms with Crippen molar-refractivity contribution >= 4 is 29.1 Å². The quantitative estimate of drug-likeness (QED) is 0.698. The zero-order valence-corrected chi connectivity index (χ0v) is 16.5. The summed E-state index contributed by atoms with van der Waals surface area (Å²) in [6.45, 7) is 0.191. The molecule has 2 aromatic carbocycles. The van der Waals surface area contributed by atoms with Crippen LogP contribution in [0.15, 0.2) is 47.4 Å². The van der Waals surface area contributed by atoms with Crippen LogP contribution >= 0.6 is 11.8 Å². The lowest BCUT2D eigenvalue weighted by molar-refractivity contribution is -0.137. The fourth-order valence-corrected chi connectivity index (χ4v) is 4.09. The Morgan fingerprint density at radius 1 is 1.07 bits per heavy atom. The monoisotopic (exact) mass is 413 g/mol. The van der Waals surface area contributed by atoms with Crippen molar-refractivity contribution in [2.75, 3.05) is 26.3 Å². The Balaban J connectivity index is 1.64. The summed E-state index contributed by atoms with van der Waals surface area (Å²) in [6.07, 6.45) is 0. The molecule has 29 heavy (non-hydrogen) atoms. The minimum Gasteiger partial charge on any atom is -0.497 e. The molecule has 0 radical (unpaired) electrons. The fraction of sp³-hybridized carbons (Fsp3) is 0.238. The van der Waals surface area contributed by atoms with E-state index in [0.29, 0.717) is 39.0 Å². The Morgan fingerprint density at radius 3 is 2.55 bits per heavy atom. The normalized spacial score (nSPS) is 15.4. The first-order chi connectivity index (χ1) is 14.1. The number of aliphatic hydroxyl groups is 1. The van der Waals surface area contributed by atoms with Crippen LogP contribution in [-0.4, -0.2) is 48.1 Å². The molecule has 2 aliphatic rings. The second kappa shape index (κ2) is 8.18. The second-order valence-electron chi connectivity index (χ2n) is 6.39. The highest BCUT2D eigenvalue weighted by molar-refractivity contribution is 8.04. The number of benzene rings is 2. The summed E-state index contributed by atoms with van der Waals surface area (Å²) in [5.41, 5.74) is 1.74. The molecular formula is C21H19NO6S. The number of hydrogen-bond acceptors (Lipinski definition) is 7. The zero-order valence-electron chi connectivity index (χ0n) is 15.7. The number of amides is 2. The summed E-state index contributed by atoms with van der Waals surface area (Å²) in [5.74, 6) is 1.50. The highest BCUT2D eigenvalue weighted by Crippen LogP contribution is 2.38. The molecule has 0 unspecified atom stereocenters. The number of carbonyl (C=O) groups is 2. The van der Waals surface area contributed by atoms with Crippen LogP contribution in [0.2, 0.25) is 0 Å². The van der Waals surface area contributed by atoms with Gasteiger partial charge in [0.15, 0.2) is 11.5 Å². The van der Waals surface area contributed by atoms with Crippen LogP contribution in [0.4, 0.5) is 0 Å². The lowest BCUT2D eigenvalue weighted by Crippen LogP contribution is -2.31. The van der Waals surface area contributed by atoms with Crippen molar-refractivity contribution in [2.45, 2.75) is 6.54 Å².